The zero-order valence-electron chi connectivity index (χ0n) is 8.61. The maximum absolute atomic E-state index is 6.04. The van der Waals surface area contributed by atoms with E-state index in [2.05, 4.69) is 23.4 Å². The molecular formula is C12H19NS. The second-order valence-corrected chi connectivity index (χ2v) is 4.37. The average molecular weight is 209 g/mol. The molecule has 0 aliphatic carbocycles. The van der Waals surface area contributed by atoms with Gasteiger partial charge in [-0.25, -0.2) is 0 Å². The van der Waals surface area contributed by atoms with Crippen molar-refractivity contribution in [1.82, 2.24) is 0 Å². The van der Waals surface area contributed by atoms with E-state index in [1.807, 2.05) is 6.08 Å². The summed E-state index contributed by atoms with van der Waals surface area (Å²) < 4.78 is 0. The average Bonchev–Trinajstić information content (AvgIpc) is 2.70. The van der Waals surface area contributed by atoms with Crippen molar-refractivity contribution in [3.8, 4) is 0 Å². The van der Waals surface area contributed by atoms with Crippen LogP contribution in [-0.2, 0) is 0 Å². The zero-order valence-corrected chi connectivity index (χ0v) is 9.43. The molecule has 1 rings (SSSR count). The second kappa shape index (κ2) is 6.80. The monoisotopic (exact) mass is 209 g/mol. The molecule has 14 heavy (non-hydrogen) atoms. The first-order chi connectivity index (χ1) is 6.84. The van der Waals surface area contributed by atoms with Crippen molar-refractivity contribution in [2.45, 2.75) is 38.1 Å². The van der Waals surface area contributed by atoms with Gasteiger partial charge in [-0.3, -0.25) is 0 Å². The molecule has 2 N–H and O–H groups in total. The lowest BCUT2D eigenvalue weighted by Gasteiger charge is -2.08. The molecule has 0 aliphatic heterocycles. The Morgan fingerprint density at radius 1 is 1.43 bits per heavy atom. The lowest BCUT2D eigenvalue weighted by atomic mass is 10.0. The number of hydrogen-bond donors (Lipinski definition) is 1. The molecule has 78 valence electrons. The highest BCUT2D eigenvalue weighted by atomic mass is 32.1. The van der Waals surface area contributed by atoms with Gasteiger partial charge in [-0.1, -0.05) is 18.9 Å². The third kappa shape index (κ3) is 4.07. The van der Waals surface area contributed by atoms with Crippen LogP contribution in [0.3, 0.4) is 0 Å². The van der Waals surface area contributed by atoms with Crippen LogP contribution in [0, 0.1) is 0 Å². The molecule has 1 heterocycles. The fourth-order valence-corrected chi connectivity index (χ4v) is 2.21. The first-order valence-corrected chi connectivity index (χ1v) is 6.17. The van der Waals surface area contributed by atoms with E-state index < -0.39 is 0 Å². The predicted octanol–water partition coefficient (Wildman–Crippen LogP) is 3.88. The molecule has 0 saturated heterocycles. The van der Waals surface area contributed by atoms with Crippen molar-refractivity contribution < 1.29 is 0 Å². The lowest BCUT2D eigenvalue weighted by Crippen LogP contribution is -2.08. The number of allylic oxidation sites excluding steroid dienone is 1. The molecule has 0 fully saturated rings. The van der Waals surface area contributed by atoms with Crippen LogP contribution < -0.4 is 5.73 Å². The summed E-state index contributed by atoms with van der Waals surface area (Å²) in [5, 5.41) is 4.24. The fraction of sp³-hybridized carbons (Fsp3) is 0.500. The van der Waals surface area contributed by atoms with Crippen molar-refractivity contribution >= 4 is 11.3 Å². The molecule has 1 aromatic rings. The molecule has 0 aromatic carbocycles. The van der Waals surface area contributed by atoms with E-state index >= 15 is 0 Å². The normalized spacial score (nSPS) is 12.6. The molecule has 0 aliphatic rings. The fourth-order valence-electron chi connectivity index (χ4n) is 1.48. The zero-order chi connectivity index (χ0) is 10.2. The van der Waals surface area contributed by atoms with Gasteiger partial charge in [-0.05, 0) is 41.7 Å². The molecular weight excluding hydrogens is 190 g/mol. The molecule has 0 amide bonds. The summed E-state index contributed by atoms with van der Waals surface area (Å²) in [6.45, 7) is 3.71. The van der Waals surface area contributed by atoms with Gasteiger partial charge in [-0.15, -0.1) is 6.58 Å². The van der Waals surface area contributed by atoms with Gasteiger partial charge in [-0.2, -0.15) is 11.3 Å². The van der Waals surface area contributed by atoms with E-state index in [0.717, 1.165) is 12.8 Å². The smallest absolute Gasteiger partial charge is 0.0303 e. The summed E-state index contributed by atoms with van der Waals surface area (Å²) in [7, 11) is 0. The molecule has 0 saturated carbocycles. The highest BCUT2D eigenvalue weighted by Crippen LogP contribution is 2.19. The number of unbranched alkanes of at least 4 members (excludes halogenated alkanes) is 3. The minimum absolute atomic E-state index is 0.241. The maximum Gasteiger partial charge on any atom is 0.0303 e. The SMILES string of the molecule is C=CCCCCCC(N)c1ccsc1. The minimum Gasteiger partial charge on any atom is -0.324 e. The quantitative estimate of drug-likeness (QED) is 0.535. The van der Waals surface area contributed by atoms with Crippen LogP contribution in [0.25, 0.3) is 0 Å². The van der Waals surface area contributed by atoms with Crippen LogP contribution in [0.2, 0.25) is 0 Å². The van der Waals surface area contributed by atoms with E-state index in [1.54, 1.807) is 11.3 Å². The lowest BCUT2D eigenvalue weighted by molar-refractivity contribution is 0.573. The molecule has 1 unspecified atom stereocenters. The highest BCUT2D eigenvalue weighted by Gasteiger charge is 2.04. The number of nitrogens with two attached hydrogens (primary N) is 1. The molecule has 2 heteroatoms. The molecule has 0 radical (unpaired) electrons. The molecule has 1 atom stereocenters. The number of thiophene rings is 1. The molecule has 0 bridgehead atoms. The van der Waals surface area contributed by atoms with Crippen LogP contribution >= 0.6 is 11.3 Å². The Morgan fingerprint density at radius 2 is 2.29 bits per heavy atom. The van der Waals surface area contributed by atoms with E-state index in [-0.39, 0.29) is 6.04 Å². The maximum atomic E-state index is 6.04. The van der Waals surface area contributed by atoms with Crippen LogP contribution in [0.1, 0.15) is 43.7 Å². The van der Waals surface area contributed by atoms with Gasteiger partial charge >= 0.3 is 0 Å². The largest absolute Gasteiger partial charge is 0.324 e. The summed E-state index contributed by atoms with van der Waals surface area (Å²) in [6.07, 6.45) is 7.97. The van der Waals surface area contributed by atoms with Gasteiger partial charge in [0.25, 0.3) is 0 Å². The summed E-state index contributed by atoms with van der Waals surface area (Å²) in [6, 6.07) is 2.36. The highest BCUT2D eigenvalue weighted by molar-refractivity contribution is 7.07. The van der Waals surface area contributed by atoms with Gasteiger partial charge in [0.15, 0.2) is 0 Å². The van der Waals surface area contributed by atoms with Gasteiger partial charge < -0.3 is 5.73 Å². The van der Waals surface area contributed by atoms with Gasteiger partial charge in [0.1, 0.15) is 0 Å². The van der Waals surface area contributed by atoms with Gasteiger partial charge in [0.2, 0.25) is 0 Å². The van der Waals surface area contributed by atoms with E-state index in [4.69, 9.17) is 5.73 Å². The van der Waals surface area contributed by atoms with E-state index in [1.165, 1.54) is 24.8 Å². The number of hydrogen-bond acceptors (Lipinski definition) is 2. The Labute approximate surface area is 90.6 Å². The van der Waals surface area contributed by atoms with Crippen LogP contribution in [-0.4, -0.2) is 0 Å². The Bertz CT molecular complexity index is 241. The third-order valence-corrected chi connectivity index (χ3v) is 3.10. The van der Waals surface area contributed by atoms with Crippen LogP contribution in [0.5, 0.6) is 0 Å². The topological polar surface area (TPSA) is 26.0 Å². The second-order valence-electron chi connectivity index (χ2n) is 3.59. The Kier molecular flexibility index (Phi) is 5.57. The molecule has 1 nitrogen and oxygen atoms in total. The van der Waals surface area contributed by atoms with Gasteiger partial charge in [0, 0.05) is 6.04 Å². The molecule has 1 aromatic heterocycles. The van der Waals surface area contributed by atoms with Crippen molar-refractivity contribution in [2.75, 3.05) is 0 Å². The Morgan fingerprint density at radius 3 is 2.93 bits per heavy atom. The van der Waals surface area contributed by atoms with E-state index in [9.17, 15) is 0 Å². The van der Waals surface area contributed by atoms with E-state index in [0.29, 0.717) is 0 Å². The summed E-state index contributed by atoms with van der Waals surface area (Å²) in [5.41, 5.74) is 7.33. The summed E-state index contributed by atoms with van der Waals surface area (Å²) in [5.74, 6) is 0. The van der Waals surface area contributed by atoms with Crippen molar-refractivity contribution in [3.05, 3.63) is 35.0 Å². The standard InChI is InChI=1S/C12H19NS/c1-2-3-4-5-6-7-12(13)11-8-9-14-10-11/h2,8-10,12H,1,3-7,13H2. The first-order valence-electron chi connectivity index (χ1n) is 5.23. The van der Waals surface area contributed by atoms with Gasteiger partial charge in [0.05, 0.1) is 0 Å². The Balaban J connectivity index is 2.10. The summed E-state index contributed by atoms with van der Waals surface area (Å²) in [4.78, 5) is 0. The first kappa shape index (κ1) is 11.5. The van der Waals surface area contributed by atoms with Crippen LogP contribution in [0.4, 0.5) is 0 Å². The van der Waals surface area contributed by atoms with Crippen molar-refractivity contribution in [3.63, 3.8) is 0 Å². The third-order valence-electron chi connectivity index (χ3n) is 2.39. The Hall–Kier alpha value is -0.600. The van der Waals surface area contributed by atoms with Crippen molar-refractivity contribution in [2.24, 2.45) is 5.73 Å². The van der Waals surface area contributed by atoms with Crippen LogP contribution in [0.15, 0.2) is 29.5 Å². The van der Waals surface area contributed by atoms with Crippen molar-refractivity contribution in [1.29, 1.82) is 0 Å². The summed E-state index contributed by atoms with van der Waals surface area (Å²) >= 11 is 1.72. The minimum atomic E-state index is 0.241. The predicted molar refractivity (Wildman–Crippen MR) is 64.5 cm³/mol. The molecule has 0 spiro atoms. The number of rotatable bonds is 7.